The second-order valence-electron chi connectivity index (χ2n) is 5.30. The van der Waals surface area contributed by atoms with E-state index in [2.05, 4.69) is 15.3 Å². The summed E-state index contributed by atoms with van der Waals surface area (Å²) < 4.78 is 5.58. The van der Waals surface area contributed by atoms with Crippen LogP contribution in [0.1, 0.15) is 43.8 Å². The van der Waals surface area contributed by atoms with Gasteiger partial charge in [-0.2, -0.15) is 0 Å². The molecule has 0 atom stereocenters. The highest BCUT2D eigenvalue weighted by Gasteiger charge is 2.37. The van der Waals surface area contributed by atoms with Crippen LogP contribution in [0.2, 0.25) is 5.15 Å². The summed E-state index contributed by atoms with van der Waals surface area (Å²) in [7, 11) is 1.78. The Morgan fingerprint density at radius 2 is 2.22 bits per heavy atom. The smallest absolute Gasteiger partial charge is 0.135 e. The lowest BCUT2D eigenvalue weighted by atomic mass is 9.80. The number of halogens is 1. The van der Waals surface area contributed by atoms with Crippen LogP contribution in [-0.4, -0.2) is 29.2 Å². The van der Waals surface area contributed by atoms with Crippen molar-refractivity contribution in [3.05, 3.63) is 17.0 Å². The lowest BCUT2D eigenvalue weighted by Gasteiger charge is -2.40. The van der Waals surface area contributed by atoms with E-state index in [1.807, 2.05) is 0 Å². The lowest BCUT2D eigenvalue weighted by Crippen LogP contribution is -2.45. The van der Waals surface area contributed by atoms with E-state index >= 15 is 0 Å². The highest BCUT2D eigenvalue weighted by molar-refractivity contribution is 6.29. The molecule has 2 saturated carbocycles. The van der Waals surface area contributed by atoms with Crippen molar-refractivity contribution < 1.29 is 4.74 Å². The van der Waals surface area contributed by atoms with E-state index in [1.165, 1.54) is 19.3 Å². The third kappa shape index (κ3) is 2.45. The van der Waals surface area contributed by atoms with Crippen molar-refractivity contribution in [3.63, 3.8) is 0 Å². The van der Waals surface area contributed by atoms with Gasteiger partial charge in [0.2, 0.25) is 0 Å². The van der Waals surface area contributed by atoms with Gasteiger partial charge in [0.05, 0.1) is 5.60 Å². The van der Waals surface area contributed by atoms with E-state index in [1.54, 1.807) is 13.2 Å². The van der Waals surface area contributed by atoms with Crippen LogP contribution < -0.4 is 5.32 Å². The van der Waals surface area contributed by atoms with Crippen LogP contribution >= 0.6 is 11.6 Å². The fraction of sp³-hybridized carbons (Fsp3) is 0.692. The number of nitrogens with zero attached hydrogens (tertiary/aromatic N) is 2. The summed E-state index contributed by atoms with van der Waals surface area (Å²) >= 11 is 6.03. The first-order chi connectivity index (χ1) is 8.71. The summed E-state index contributed by atoms with van der Waals surface area (Å²) in [6.07, 6.45) is 5.84. The second kappa shape index (κ2) is 4.67. The van der Waals surface area contributed by atoms with Gasteiger partial charge in [0.15, 0.2) is 0 Å². The molecular formula is C13H18ClN3O. The largest absolute Gasteiger partial charge is 0.376 e. The van der Waals surface area contributed by atoms with Crippen molar-refractivity contribution in [2.45, 2.75) is 43.6 Å². The van der Waals surface area contributed by atoms with Crippen molar-refractivity contribution in [1.82, 2.24) is 9.97 Å². The van der Waals surface area contributed by atoms with Gasteiger partial charge < -0.3 is 10.1 Å². The number of rotatable bonds is 5. The van der Waals surface area contributed by atoms with Gasteiger partial charge in [-0.25, -0.2) is 9.97 Å². The topological polar surface area (TPSA) is 47.0 Å². The number of hydrogen-bond donors (Lipinski definition) is 1. The van der Waals surface area contributed by atoms with E-state index in [-0.39, 0.29) is 5.60 Å². The Morgan fingerprint density at radius 3 is 2.78 bits per heavy atom. The van der Waals surface area contributed by atoms with Crippen molar-refractivity contribution in [2.24, 2.45) is 0 Å². The molecule has 0 bridgehead atoms. The van der Waals surface area contributed by atoms with E-state index in [0.717, 1.165) is 31.0 Å². The molecule has 1 heterocycles. The van der Waals surface area contributed by atoms with Crippen molar-refractivity contribution in [3.8, 4) is 0 Å². The first kappa shape index (κ1) is 12.2. The van der Waals surface area contributed by atoms with Crippen LogP contribution in [0.25, 0.3) is 0 Å². The highest BCUT2D eigenvalue weighted by atomic mass is 35.5. The van der Waals surface area contributed by atoms with E-state index < -0.39 is 0 Å². The molecule has 0 saturated heterocycles. The van der Waals surface area contributed by atoms with E-state index in [9.17, 15) is 0 Å². The second-order valence-corrected chi connectivity index (χ2v) is 5.69. The maximum atomic E-state index is 6.03. The first-order valence-corrected chi connectivity index (χ1v) is 6.92. The standard InChI is InChI=1S/C13H18ClN3O/c1-18-13(5-2-6-13)8-15-11-7-10(14)16-12(17-11)9-3-4-9/h7,9H,2-6,8H2,1H3,(H,15,16,17). The van der Waals surface area contributed by atoms with Crippen molar-refractivity contribution >= 4 is 17.4 Å². The summed E-state index contributed by atoms with van der Waals surface area (Å²) in [5.74, 6) is 2.22. The normalized spacial score (nSPS) is 21.4. The van der Waals surface area contributed by atoms with Gasteiger partial charge in [0, 0.05) is 25.6 Å². The zero-order valence-electron chi connectivity index (χ0n) is 10.6. The molecule has 1 N–H and O–H groups in total. The summed E-state index contributed by atoms with van der Waals surface area (Å²) in [5, 5.41) is 3.86. The maximum Gasteiger partial charge on any atom is 0.135 e. The molecule has 5 heteroatoms. The predicted molar refractivity (Wildman–Crippen MR) is 71.1 cm³/mol. The molecule has 1 aromatic heterocycles. The van der Waals surface area contributed by atoms with Crippen LogP contribution in [0, 0.1) is 0 Å². The fourth-order valence-corrected chi connectivity index (χ4v) is 2.52. The van der Waals surface area contributed by atoms with Crippen LogP contribution in [0.3, 0.4) is 0 Å². The number of aromatic nitrogens is 2. The molecule has 2 fully saturated rings. The van der Waals surface area contributed by atoms with Crippen LogP contribution in [-0.2, 0) is 4.74 Å². The average molecular weight is 268 g/mol. The quantitative estimate of drug-likeness (QED) is 0.833. The summed E-state index contributed by atoms with van der Waals surface area (Å²) in [5.41, 5.74) is -0.00281. The molecule has 4 nitrogen and oxygen atoms in total. The Bertz CT molecular complexity index is 438. The molecule has 2 aliphatic rings. The van der Waals surface area contributed by atoms with Crippen LogP contribution in [0.4, 0.5) is 5.82 Å². The van der Waals surface area contributed by atoms with Gasteiger partial charge in [-0.05, 0) is 32.1 Å². The molecule has 0 spiro atoms. The molecule has 0 amide bonds. The zero-order valence-corrected chi connectivity index (χ0v) is 11.3. The Kier molecular flexibility index (Phi) is 3.16. The highest BCUT2D eigenvalue weighted by Crippen LogP contribution is 2.39. The summed E-state index contributed by atoms with van der Waals surface area (Å²) in [6.45, 7) is 0.793. The number of anilines is 1. The number of methoxy groups -OCH3 is 1. The Labute approximate surface area is 112 Å². The Balaban J connectivity index is 1.68. The molecule has 18 heavy (non-hydrogen) atoms. The molecule has 0 aromatic carbocycles. The van der Waals surface area contributed by atoms with Crippen LogP contribution in [0.15, 0.2) is 6.07 Å². The molecule has 1 aromatic rings. The van der Waals surface area contributed by atoms with Gasteiger partial charge >= 0.3 is 0 Å². The van der Waals surface area contributed by atoms with E-state index in [4.69, 9.17) is 16.3 Å². The molecule has 3 rings (SSSR count). The summed E-state index contributed by atoms with van der Waals surface area (Å²) in [4.78, 5) is 8.81. The third-order valence-corrected chi connectivity index (χ3v) is 4.14. The van der Waals surface area contributed by atoms with Crippen molar-refractivity contribution in [1.29, 1.82) is 0 Å². The predicted octanol–water partition coefficient (Wildman–Crippen LogP) is 2.99. The number of nitrogens with one attached hydrogen (secondary N) is 1. The first-order valence-electron chi connectivity index (χ1n) is 6.54. The number of ether oxygens (including phenoxy) is 1. The van der Waals surface area contributed by atoms with E-state index in [0.29, 0.717) is 11.1 Å². The maximum absolute atomic E-state index is 6.03. The molecule has 0 unspecified atom stereocenters. The van der Waals surface area contributed by atoms with Gasteiger partial charge in [0.1, 0.15) is 16.8 Å². The third-order valence-electron chi connectivity index (χ3n) is 3.94. The Hall–Kier alpha value is -0.870. The molecule has 2 aliphatic carbocycles. The minimum absolute atomic E-state index is 0.00281. The molecule has 0 aliphatic heterocycles. The molecular weight excluding hydrogens is 250 g/mol. The Morgan fingerprint density at radius 1 is 1.44 bits per heavy atom. The summed E-state index contributed by atoms with van der Waals surface area (Å²) in [6, 6.07) is 1.79. The van der Waals surface area contributed by atoms with Gasteiger partial charge in [-0.3, -0.25) is 0 Å². The average Bonchev–Trinajstić information content (AvgIpc) is 3.11. The van der Waals surface area contributed by atoms with Crippen LogP contribution in [0.5, 0.6) is 0 Å². The SMILES string of the molecule is COC1(CNc2cc(Cl)nc(C3CC3)n2)CCC1. The monoisotopic (exact) mass is 267 g/mol. The minimum atomic E-state index is -0.00281. The van der Waals surface area contributed by atoms with Gasteiger partial charge in [-0.1, -0.05) is 11.6 Å². The molecule has 0 radical (unpaired) electrons. The van der Waals surface area contributed by atoms with Gasteiger partial charge in [-0.15, -0.1) is 0 Å². The number of hydrogen-bond acceptors (Lipinski definition) is 4. The zero-order chi connectivity index (χ0) is 12.6. The fourth-order valence-electron chi connectivity index (χ4n) is 2.33. The lowest BCUT2D eigenvalue weighted by molar-refractivity contribution is -0.0601. The van der Waals surface area contributed by atoms with Crippen molar-refractivity contribution in [2.75, 3.05) is 19.0 Å². The van der Waals surface area contributed by atoms with Gasteiger partial charge in [0.25, 0.3) is 0 Å². The molecule has 98 valence electrons. The minimum Gasteiger partial charge on any atom is -0.376 e.